The first kappa shape index (κ1) is 19.4. The number of rotatable bonds is 7. The van der Waals surface area contributed by atoms with Crippen molar-refractivity contribution in [1.29, 1.82) is 0 Å². The summed E-state index contributed by atoms with van der Waals surface area (Å²) in [5, 5.41) is 2.61. The Morgan fingerprint density at radius 1 is 1.08 bits per heavy atom. The highest BCUT2D eigenvalue weighted by Gasteiger charge is 2.19. The van der Waals surface area contributed by atoms with Gasteiger partial charge in [0.15, 0.2) is 0 Å². The van der Waals surface area contributed by atoms with Crippen molar-refractivity contribution in [2.45, 2.75) is 38.6 Å². The maximum Gasteiger partial charge on any atom is 0.251 e. The first-order valence-electron chi connectivity index (χ1n) is 9.23. The molecule has 1 fully saturated rings. The molecule has 0 unspecified atom stereocenters. The molecule has 0 bridgehead atoms. The van der Waals surface area contributed by atoms with Gasteiger partial charge in [-0.05, 0) is 43.5 Å². The summed E-state index contributed by atoms with van der Waals surface area (Å²) in [6.07, 6.45) is 6.46. The Labute approximate surface area is 151 Å². The van der Waals surface area contributed by atoms with Gasteiger partial charge in [-0.25, -0.2) is 0 Å². The lowest BCUT2D eigenvalue weighted by Gasteiger charge is -2.28. The summed E-state index contributed by atoms with van der Waals surface area (Å²) in [4.78, 5) is 27.9. The number of nitrogens with zero attached hydrogens (tertiary/aromatic N) is 2. The van der Waals surface area contributed by atoms with Gasteiger partial charge in [-0.1, -0.05) is 31.4 Å². The van der Waals surface area contributed by atoms with Gasteiger partial charge < -0.3 is 10.2 Å². The third kappa shape index (κ3) is 6.16. The van der Waals surface area contributed by atoms with E-state index >= 15 is 0 Å². The van der Waals surface area contributed by atoms with Gasteiger partial charge in [0.25, 0.3) is 5.91 Å². The third-order valence-electron chi connectivity index (χ3n) is 4.98. The van der Waals surface area contributed by atoms with Crippen molar-refractivity contribution in [3.8, 4) is 0 Å². The summed E-state index contributed by atoms with van der Waals surface area (Å²) < 4.78 is 0. The second-order valence-electron chi connectivity index (χ2n) is 7.23. The van der Waals surface area contributed by atoms with Gasteiger partial charge in [0.2, 0.25) is 5.91 Å². The lowest BCUT2D eigenvalue weighted by Crippen LogP contribution is -2.39. The van der Waals surface area contributed by atoms with Crippen LogP contribution in [0.4, 0.5) is 0 Å². The van der Waals surface area contributed by atoms with Crippen LogP contribution in [0.25, 0.3) is 0 Å². The van der Waals surface area contributed by atoms with Crippen molar-refractivity contribution in [1.82, 2.24) is 15.1 Å². The van der Waals surface area contributed by atoms with E-state index in [-0.39, 0.29) is 11.8 Å². The zero-order valence-corrected chi connectivity index (χ0v) is 15.8. The first-order chi connectivity index (χ1) is 12.0. The van der Waals surface area contributed by atoms with Crippen LogP contribution in [0.3, 0.4) is 0 Å². The number of amides is 2. The van der Waals surface area contributed by atoms with Crippen LogP contribution in [0.5, 0.6) is 0 Å². The topological polar surface area (TPSA) is 52.7 Å². The molecule has 0 spiro atoms. The normalized spacial score (nSPS) is 15.2. The Morgan fingerprint density at radius 2 is 1.72 bits per heavy atom. The molecule has 0 aliphatic heterocycles. The van der Waals surface area contributed by atoms with Gasteiger partial charge in [0.1, 0.15) is 0 Å². The Hall–Kier alpha value is -1.88. The average Bonchev–Trinajstić information content (AvgIpc) is 2.62. The number of hydrogen-bond acceptors (Lipinski definition) is 3. The van der Waals surface area contributed by atoms with E-state index in [2.05, 4.69) is 5.32 Å². The molecule has 0 radical (unpaired) electrons. The van der Waals surface area contributed by atoms with Gasteiger partial charge in [0, 0.05) is 32.7 Å². The highest BCUT2D eigenvalue weighted by molar-refractivity contribution is 5.93. The SMILES string of the molecule is CNC(=O)c1ccc(CN(C)CC(=O)N(C)CC2CCCCC2)cc1. The van der Waals surface area contributed by atoms with Crippen LogP contribution in [-0.4, -0.2) is 55.8 Å². The van der Waals surface area contributed by atoms with E-state index in [1.165, 1.54) is 32.1 Å². The maximum absolute atomic E-state index is 12.4. The minimum Gasteiger partial charge on any atom is -0.355 e. The molecule has 1 N–H and O–H groups in total. The monoisotopic (exact) mass is 345 g/mol. The number of hydrogen-bond donors (Lipinski definition) is 1. The van der Waals surface area contributed by atoms with Gasteiger partial charge in [0.05, 0.1) is 6.54 Å². The molecule has 0 aromatic heterocycles. The molecular formula is C20H31N3O2. The highest BCUT2D eigenvalue weighted by Crippen LogP contribution is 2.24. The second-order valence-corrected chi connectivity index (χ2v) is 7.23. The average molecular weight is 345 g/mol. The highest BCUT2D eigenvalue weighted by atomic mass is 16.2. The van der Waals surface area contributed by atoms with Crippen molar-refractivity contribution in [3.63, 3.8) is 0 Å². The molecule has 1 saturated carbocycles. The predicted molar refractivity (Wildman–Crippen MR) is 100 cm³/mol. The minimum absolute atomic E-state index is 0.0839. The van der Waals surface area contributed by atoms with E-state index in [9.17, 15) is 9.59 Å². The molecule has 5 nitrogen and oxygen atoms in total. The molecule has 0 saturated heterocycles. The molecule has 0 atom stereocenters. The lowest BCUT2D eigenvalue weighted by atomic mass is 9.89. The van der Waals surface area contributed by atoms with Crippen LogP contribution in [0.1, 0.15) is 48.0 Å². The minimum atomic E-state index is -0.0839. The largest absolute Gasteiger partial charge is 0.355 e. The fourth-order valence-corrected chi connectivity index (χ4v) is 3.48. The second kappa shape index (κ2) is 9.56. The summed E-state index contributed by atoms with van der Waals surface area (Å²) >= 11 is 0. The molecule has 0 heterocycles. The summed E-state index contributed by atoms with van der Waals surface area (Å²) in [6.45, 7) is 1.99. The van der Waals surface area contributed by atoms with E-state index in [4.69, 9.17) is 0 Å². The molecule has 2 amide bonds. The molecule has 1 aromatic carbocycles. The Morgan fingerprint density at radius 3 is 2.32 bits per heavy atom. The fraction of sp³-hybridized carbons (Fsp3) is 0.600. The van der Waals surface area contributed by atoms with Gasteiger partial charge >= 0.3 is 0 Å². The standard InChI is InChI=1S/C20H31N3O2/c1-21-20(25)18-11-9-17(10-12-18)13-22(2)15-19(24)23(3)14-16-7-5-4-6-8-16/h9-12,16H,4-8,13-15H2,1-3H3,(H,21,25). The summed E-state index contributed by atoms with van der Waals surface area (Å²) in [5.41, 5.74) is 1.75. The van der Waals surface area contributed by atoms with Gasteiger partial charge in [-0.3, -0.25) is 14.5 Å². The van der Waals surface area contributed by atoms with Crippen molar-refractivity contribution in [2.75, 3.05) is 34.2 Å². The number of benzene rings is 1. The molecule has 1 aliphatic rings. The van der Waals surface area contributed by atoms with E-state index in [1.54, 1.807) is 7.05 Å². The maximum atomic E-state index is 12.4. The lowest BCUT2D eigenvalue weighted by molar-refractivity contribution is -0.131. The number of carbonyl (C=O) groups excluding carboxylic acids is 2. The Bertz CT molecular complexity index is 565. The van der Waals surface area contributed by atoms with Crippen LogP contribution < -0.4 is 5.32 Å². The van der Waals surface area contributed by atoms with Crippen molar-refractivity contribution < 1.29 is 9.59 Å². The fourth-order valence-electron chi connectivity index (χ4n) is 3.48. The van der Waals surface area contributed by atoms with E-state index in [0.29, 0.717) is 24.6 Å². The number of nitrogens with one attached hydrogen (secondary N) is 1. The van der Waals surface area contributed by atoms with Crippen LogP contribution in [0.2, 0.25) is 0 Å². The summed E-state index contributed by atoms with van der Waals surface area (Å²) in [5.74, 6) is 0.764. The Kier molecular flexibility index (Phi) is 7.44. The van der Waals surface area contributed by atoms with E-state index < -0.39 is 0 Å². The summed E-state index contributed by atoms with van der Waals surface area (Å²) in [7, 11) is 5.50. The van der Waals surface area contributed by atoms with Gasteiger partial charge in [-0.15, -0.1) is 0 Å². The predicted octanol–water partition coefficient (Wildman–Crippen LogP) is 2.52. The molecule has 2 rings (SSSR count). The summed E-state index contributed by atoms with van der Waals surface area (Å²) in [6, 6.07) is 7.52. The number of carbonyl (C=O) groups is 2. The van der Waals surface area contributed by atoms with Crippen LogP contribution in [-0.2, 0) is 11.3 Å². The van der Waals surface area contributed by atoms with E-state index in [0.717, 1.165) is 12.1 Å². The van der Waals surface area contributed by atoms with Crippen LogP contribution in [0, 0.1) is 5.92 Å². The Balaban J connectivity index is 1.79. The quantitative estimate of drug-likeness (QED) is 0.826. The molecule has 138 valence electrons. The van der Waals surface area contributed by atoms with Crippen molar-refractivity contribution in [3.05, 3.63) is 35.4 Å². The molecule has 25 heavy (non-hydrogen) atoms. The molecule has 5 heteroatoms. The molecular weight excluding hydrogens is 314 g/mol. The zero-order valence-electron chi connectivity index (χ0n) is 15.8. The zero-order chi connectivity index (χ0) is 18.2. The smallest absolute Gasteiger partial charge is 0.251 e. The first-order valence-corrected chi connectivity index (χ1v) is 9.23. The van der Waals surface area contributed by atoms with Crippen molar-refractivity contribution >= 4 is 11.8 Å². The third-order valence-corrected chi connectivity index (χ3v) is 4.98. The van der Waals surface area contributed by atoms with Crippen LogP contribution >= 0.6 is 0 Å². The molecule has 1 aromatic rings. The van der Waals surface area contributed by atoms with Crippen molar-refractivity contribution in [2.24, 2.45) is 5.92 Å². The van der Waals surface area contributed by atoms with Crippen LogP contribution in [0.15, 0.2) is 24.3 Å². The van der Waals surface area contributed by atoms with Gasteiger partial charge in [-0.2, -0.15) is 0 Å². The van der Waals surface area contributed by atoms with E-state index in [1.807, 2.05) is 48.2 Å². The molecule has 1 aliphatic carbocycles. The number of likely N-dealkylation sites (N-methyl/N-ethyl adjacent to an activating group) is 2.